The number of carboxylic acid groups (broad SMARTS) is 1. The lowest BCUT2D eigenvalue weighted by molar-refractivity contribution is -0.123. The number of hydrogen-bond donors (Lipinski definition) is 1. The van der Waals surface area contributed by atoms with Gasteiger partial charge >= 0.3 is 12.1 Å². The topological polar surface area (TPSA) is 94.0 Å². The predicted octanol–water partition coefficient (Wildman–Crippen LogP) is 4.24. The molecule has 0 radical (unpaired) electrons. The van der Waals surface area contributed by atoms with Gasteiger partial charge in [-0.05, 0) is 54.7 Å². The second-order valence-corrected chi connectivity index (χ2v) is 9.23. The van der Waals surface area contributed by atoms with E-state index in [4.69, 9.17) is 0 Å². The quantitative estimate of drug-likeness (QED) is 0.741. The zero-order valence-corrected chi connectivity index (χ0v) is 18.7. The molecule has 0 bridgehead atoms. The average Bonchev–Trinajstić information content (AvgIpc) is 2.86. The Morgan fingerprint density at radius 3 is 2.29 bits per heavy atom. The van der Waals surface area contributed by atoms with Crippen molar-refractivity contribution in [2.45, 2.75) is 52.1 Å². The molecule has 4 amide bonds. The number of rotatable bonds is 4. The van der Waals surface area contributed by atoms with E-state index in [0.717, 1.165) is 10.5 Å². The SMILES string of the molecule is CN(C(=O)O)c1cc(CN2C(=O)N(c3ccc(C(C)(C)C)cc3)C(=O)C2(C)C)ccn1. The van der Waals surface area contributed by atoms with E-state index in [9.17, 15) is 19.5 Å². The number of aromatic nitrogens is 1. The van der Waals surface area contributed by atoms with E-state index in [1.54, 1.807) is 38.1 Å². The van der Waals surface area contributed by atoms with E-state index in [2.05, 4.69) is 25.8 Å². The monoisotopic (exact) mass is 424 g/mol. The summed E-state index contributed by atoms with van der Waals surface area (Å²) in [6.07, 6.45) is 0.352. The van der Waals surface area contributed by atoms with Crippen LogP contribution in [0.4, 0.5) is 21.1 Å². The zero-order valence-electron chi connectivity index (χ0n) is 18.7. The van der Waals surface area contributed by atoms with Gasteiger partial charge < -0.3 is 10.0 Å². The minimum absolute atomic E-state index is 0.0367. The van der Waals surface area contributed by atoms with Crippen LogP contribution in [0, 0.1) is 0 Å². The van der Waals surface area contributed by atoms with Gasteiger partial charge in [0.05, 0.1) is 5.69 Å². The summed E-state index contributed by atoms with van der Waals surface area (Å²) in [7, 11) is 1.39. The van der Waals surface area contributed by atoms with Crippen molar-refractivity contribution in [1.29, 1.82) is 0 Å². The largest absolute Gasteiger partial charge is 0.465 e. The Morgan fingerprint density at radius 1 is 1.13 bits per heavy atom. The van der Waals surface area contributed by atoms with Gasteiger partial charge in [-0.3, -0.25) is 9.69 Å². The Hall–Kier alpha value is -3.42. The summed E-state index contributed by atoms with van der Waals surface area (Å²) >= 11 is 0. The highest BCUT2D eigenvalue weighted by molar-refractivity contribution is 6.22. The van der Waals surface area contributed by atoms with Crippen LogP contribution in [-0.4, -0.2) is 45.6 Å². The molecule has 8 nitrogen and oxygen atoms in total. The minimum Gasteiger partial charge on any atom is -0.465 e. The van der Waals surface area contributed by atoms with E-state index >= 15 is 0 Å². The third kappa shape index (κ3) is 4.10. The molecule has 1 aromatic heterocycles. The molecule has 2 aromatic rings. The molecule has 1 aromatic carbocycles. The van der Waals surface area contributed by atoms with Gasteiger partial charge in [0.15, 0.2) is 0 Å². The first-order chi connectivity index (χ1) is 14.3. The molecule has 0 unspecified atom stereocenters. The maximum atomic E-state index is 13.3. The first-order valence-corrected chi connectivity index (χ1v) is 10.0. The normalized spacial score (nSPS) is 16.1. The second kappa shape index (κ2) is 7.68. The molecule has 164 valence electrons. The molecule has 3 rings (SSSR count). The standard InChI is InChI=1S/C23H28N4O4/c1-22(2,3)16-7-9-17(10-8-16)27-19(28)23(4,5)26(20(27)29)14-15-11-12-24-18(13-15)25(6)21(30)31/h7-13H,14H2,1-6H3,(H,30,31). The third-order valence-corrected chi connectivity index (χ3v) is 5.60. The molecule has 1 N–H and O–H groups in total. The summed E-state index contributed by atoms with van der Waals surface area (Å²) in [5.74, 6) is -0.0617. The maximum Gasteiger partial charge on any atom is 0.412 e. The minimum atomic E-state index is -1.14. The van der Waals surface area contributed by atoms with Gasteiger partial charge in [-0.1, -0.05) is 32.9 Å². The molecule has 0 atom stereocenters. The summed E-state index contributed by atoms with van der Waals surface area (Å²) < 4.78 is 0. The Kier molecular flexibility index (Phi) is 5.52. The summed E-state index contributed by atoms with van der Waals surface area (Å²) in [6.45, 7) is 9.87. The Balaban J connectivity index is 1.90. The molecular formula is C23H28N4O4. The molecule has 1 aliphatic heterocycles. The summed E-state index contributed by atoms with van der Waals surface area (Å²) in [5.41, 5.74) is 1.22. The van der Waals surface area contributed by atoms with Gasteiger partial charge in [0.1, 0.15) is 11.4 Å². The van der Waals surface area contributed by atoms with Gasteiger partial charge in [-0.15, -0.1) is 0 Å². The zero-order chi connectivity index (χ0) is 23.1. The van der Waals surface area contributed by atoms with Crippen molar-refractivity contribution in [1.82, 2.24) is 9.88 Å². The van der Waals surface area contributed by atoms with E-state index < -0.39 is 17.7 Å². The number of carbonyl (C=O) groups is 3. The predicted molar refractivity (Wildman–Crippen MR) is 118 cm³/mol. The van der Waals surface area contributed by atoms with Crippen molar-refractivity contribution in [3.8, 4) is 0 Å². The third-order valence-electron chi connectivity index (χ3n) is 5.60. The molecule has 31 heavy (non-hydrogen) atoms. The Bertz CT molecular complexity index is 1020. The number of anilines is 2. The fraction of sp³-hybridized carbons (Fsp3) is 0.391. The molecular weight excluding hydrogens is 396 g/mol. The van der Waals surface area contributed by atoms with Crippen LogP contribution in [0.15, 0.2) is 42.6 Å². The number of urea groups is 1. The van der Waals surface area contributed by atoms with Gasteiger partial charge in [0.25, 0.3) is 5.91 Å². The van der Waals surface area contributed by atoms with Crippen molar-refractivity contribution >= 4 is 29.5 Å². The van der Waals surface area contributed by atoms with Crippen molar-refractivity contribution in [3.63, 3.8) is 0 Å². The highest BCUT2D eigenvalue weighted by Gasteiger charge is 2.51. The van der Waals surface area contributed by atoms with Crippen molar-refractivity contribution in [3.05, 3.63) is 53.7 Å². The maximum absolute atomic E-state index is 13.3. The highest BCUT2D eigenvalue weighted by atomic mass is 16.4. The number of pyridine rings is 1. The Morgan fingerprint density at radius 2 is 1.74 bits per heavy atom. The molecule has 2 heterocycles. The fourth-order valence-corrected chi connectivity index (χ4v) is 3.46. The molecule has 8 heteroatoms. The van der Waals surface area contributed by atoms with Crippen LogP contribution in [0.3, 0.4) is 0 Å². The van der Waals surface area contributed by atoms with Crippen LogP contribution in [0.25, 0.3) is 0 Å². The lowest BCUT2D eigenvalue weighted by Crippen LogP contribution is -2.43. The number of benzene rings is 1. The van der Waals surface area contributed by atoms with E-state index in [-0.39, 0.29) is 23.7 Å². The van der Waals surface area contributed by atoms with Crippen LogP contribution in [0.1, 0.15) is 45.7 Å². The smallest absolute Gasteiger partial charge is 0.412 e. The van der Waals surface area contributed by atoms with E-state index in [1.165, 1.54) is 23.0 Å². The van der Waals surface area contributed by atoms with Crippen molar-refractivity contribution < 1.29 is 19.5 Å². The summed E-state index contributed by atoms with van der Waals surface area (Å²) in [5, 5.41) is 9.17. The molecule has 0 spiro atoms. The van der Waals surface area contributed by atoms with Crippen molar-refractivity contribution in [2.24, 2.45) is 0 Å². The number of nitrogens with zero attached hydrogens (tertiary/aromatic N) is 4. The van der Waals surface area contributed by atoms with Gasteiger partial charge in [-0.2, -0.15) is 0 Å². The van der Waals surface area contributed by atoms with Gasteiger partial charge in [0.2, 0.25) is 0 Å². The highest BCUT2D eigenvalue weighted by Crippen LogP contribution is 2.34. The summed E-state index contributed by atoms with van der Waals surface area (Å²) in [6, 6.07) is 10.3. The molecule has 0 saturated carbocycles. The molecule has 1 aliphatic rings. The number of amides is 4. The molecule has 1 saturated heterocycles. The van der Waals surface area contributed by atoms with Crippen LogP contribution in [-0.2, 0) is 16.8 Å². The van der Waals surface area contributed by atoms with Crippen LogP contribution in [0.5, 0.6) is 0 Å². The van der Waals surface area contributed by atoms with Gasteiger partial charge in [-0.25, -0.2) is 19.5 Å². The lowest BCUT2D eigenvalue weighted by atomic mass is 9.87. The number of carbonyl (C=O) groups excluding carboxylic acids is 2. The Labute approximate surface area is 182 Å². The first-order valence-electron chi connectivity index (χ1n) is 10.0. The van der Waals surface area contributed by atoms with E-state index in [1.807, 2.05) is 12.1 Å². The van der Waals surface area contributed by atoms with E-state index in [0.29, 0.717) is 11.3 Å². The van der Waals surface area contributed by atoms with Crippen LogP contribution < -0.4 is 9.80 Å². The van der Waals surface area contributed by atoms with Crippen LogP contribution >= 0.6 is 0 Å². The number of hydrogen-bond acceptors (Lipinski definition) is 4. The fourth-order valence-electron chi connectivity index (χ4n) is 3.46. The van der Waals surface area contributed by atoms with Gasteiger partial charge in [0, 0.05) is 19.8 Å². The lowest BCUT2D eigenvalue weighted by Gasteiger charge is -2.28. The second-order valence-electron chi connectivity index (χ2n) is 9.23. The average molecular weight is 425 g/mol. The number of imide groups is 1. The molecule has 1 fully saturated rings. The molecule has 0 aliphatic carbocycles. The summed E-state index contributed by atoms with van der Waals surface area (Å²) in [4.78, 5) is 45.4. The first kappa shape index (κ1) is 22.3. The van der Waals surface area contributed by atoms with Crippen molar-refractivity contribution in [2.75, 3.05) is 16.8 Å². The van der Waals surface area contributed by atoms with Crippen LogP contribution in [0.2, 0.25) is 0 Å².